The van der Waals surface area contributed by atoms with Gasteiger partial charge in [0, 0.05) is 37.4 Å². The summed E-state index contributed by atoms with van der Waals surface area (Å²) in [5.74, 6) is -0.104. The van der Waals surface area contributed by atoms with Gasteiger partial charge in [0.15, 0.2) is 0 Å². The average Bonchev–Trinajstić information content (AvgIpc) is 2.81. The largest absolute Gasteiger partial charge is 0.487 e. The molecule has 0 aliphatic carbocycles. The molecule has 2 aromatic rings. The number of rotatable bonds is 7. The number of hydrogen-bond acceptors (Lipinski definition) is 6. The number of aliphatic hydroxyl groups excluding tert-OH is 1. The van der Waals surface area contributed by atoms with E-state index in [1.165, 1.54) is 4.31 Å². The van der Waals surface area contributed by atoms with Crippen molar-refractivity contribution in [2.75, 3.05) is 26.7 Å². The Balaban J connectivity index is 1.94. The number of likely N-dealkylation sites (N-methyl/N-ethyl adjacent to an activating group) is 1. The highest BCUT2D eigenvalue weighted by Gasteiger charge is 2.38. The first-order valence-electron chi connectivity index (χ1n) is 11.4. The fourth-order valence-electron chi connectivity index (χ4n) is 3.92. The van der Waals surface area contributed by atoms with Crippen LogP contribution in [-0.4, -0.2) is 72.5 Å². The zero-order valence-corrected chi connectivity index (χ0v) is 20.9. The molecule has 0 fully saturated rings. The molecular formula is C25H33N3O5S. The molecule has 34 heavy (non-hydrogen) atoms. The molecule has 3 rings (SSSR count). The molecule has 1 aromatic carbocycles. The van der Waals surface area contributed by atoms with E-state index >= 15 is 0 Å². The number of nitrogens with zero attached hydrogens (tertiary/aromatic N) is 3. The van der Waals surface area contributed by atoms with Crippen molar-refractivity contribution < 1.29 is 23.1 Å². The van der Waals surface area contributed by atoms with Gasteiger partial charge in [-0.3, -0.25) is 9.78 Å². The van der Waals surface area contributed by atoms with Crippen molar-refractivity contribution in [3.05, 3.63) is 59.9 Å². The summed E-state index contributed by atoms with van der Waals surface area (Å²) in [6, 6.07) is 9.82. The van der Waals surface area contributed by atoms with Crippen LogP contribution in [0.3, 0.4) is 0 Å². The third-order valence-corrected chi connectivity index (χ3v) is 8.01. The molecule has 1 aromatic heterocycles. The predicted molar refractivity (Wildman–Crippen MR) is 131 cm³/mol. The Morgan fingerprint density at radius 3 is 2.76 bits per heavy atom. The minimum Gasteiger partial charge on any atom is -0.487 e. The Morgan fingerprint density at radius 2 is 2.12 bits per heavy atom. The fraction of sp³-hybridized carbons (Fsp3) is 0.440. The highest BCUT2D eigenvalue weighted by Crippen LogP contribution is 2.34. The molecule has 1 aliphatic heterocycles. The van der Waals surface area contributed by atoms with E-state index in [0.29, 0.717) is 5.69 Å². The van der Waals surface area contributed by atoms with Crippen molar-refractivity contribution >= 4 is 22.0 Å². The molecule has 1 amide bonds. The third kappa shape index (κ3) is 5.84. The predicted octanol–water partition coefficient (Wildman–Crippen LogP) is 2.58. The Labute approximate surface area is 201 Å². The Kier molecular flexibility index (Phi) is 8.46. The second kappa shape index (κ2) is 11.1. The Morgan fingerprint density at radius 1 is 1.35 bits per heavy atom. The minimum atomic E-state index is -3.89. The molecule has 1 aliphatic rings. The molecule has 0 radical (unpaired) electrons. The maximum absolute atomic E-state index is 13.5. The van der Waals surface area contributed by atoms with E-state index < -0.39 is 22.2 Å². The summed E-state index contributed by atoms with van der Waals surface area (Å²) in [5, 5.41) is 9.75. The summed E-state index contributed by atoms with van der Waals surface area (Å²) in [7, 11) is -2.18. The first kappa shape index (κ1) is 25.9. The number of pyridine rings is 1. The maximum atomic E-state index is 13.5. The lowest BCUT2D eigenvalue weighted by Crippen LogP contribution is -2.50. The molecule has 8 nitrogen and oxygen atoms in total. The van der Waals surface area contributed by atoms with E-state index in [2.05, 4.69) is 4.98 Å². The molecule has 0 saturated heterocycles. The Hall–Kier alpha value is -2.75. The molecule has 184 valence electrons. The monoisotopic (exact) mass is 487 g/mol. The van der Waals surface area contributed by atoms with Crippen molar-refractivity contribution in [1.82, 2.24) is 14.2 Å². The van der Waals surface area contributed by atoms with E-state index in [-0.39, 0.29) is 48.6 Å². The first-order valence-corrected chi connectivity index (χ1v) is 12.8. The standard InChI is InChI=1S/C25H33N3O5S/c1-5-8-20-10-11-24-22(13-20)33-23(18(2)15-28(19(3)17-29)34(24,31)32)16-27(4)25(30)14-21-9-6-7-12-26-21/h5-13,18-19,23,29H,14-17H2,1-4H3/b8-5+/t18-,19+,23-/m0/s1. The highest BCUT2D eigenvalue weighted by molar-refractivity contribution is 7.89. The van der Waals surface area contributed by atoms with Crippen LogP contribution in [0.2, 0.25) is 0 Å². The number of hydrogen-bond donors (Lipinski definition) is 1. The molecule has 0 saturated carbocycles. The normalized spacial score (nSPS) is 21.2. The van der Waals surface area contributed by atoms with Crippen molar-refractivity contribution in [2.24, 2.45) is 5.92 Å². The summed E-state index contributed by atoms with van der Waals surface area (Å²) >= 11 is 0. The zero-order valence-electron chi connectivity index (χ0n) is 20.1. The van der Waals surface area contributed by atoms with Crippen LogP contribution in [0.25, 0.3) is 6.08 Å². The van der Waals surface area contributed by atoms with Gasteiger partial charge in [0.05, 0.1) is 19.6 Å². The summed E-state index contributed by atoms with van der Waals surface area (Å²) in [6.45, 7) is 5.60. The smallest absolute Gasteiger partial charge is 0.247 e. The van der Waals surface area contributed by atoms with Gasteiger partial charge in [0.2, 0.25) is 15.9 Å². The lowest BCUT2D eigenvalue weighted by Gasteiger charge is -2.37. The molecule has 0 unspecified atom stereocenters. The van der Waals surface area contributed by atoms with E-state index in [1.807, 2.05) is 32.1 Å². The van der Waals surface area contributed by atoms with Crippen LogP contribution < -0.4 is 4.74 Å². The van der Waals surface area contributed by atoms with Crippen LogP contribution in [0, 0.1) is 5.92 Å². The fourth-order valence-corrected chi connectivity index (χ4v) is 5.75. The first-order chi connectivity index (χ1) is 16.2. The van der Waals surface area contributed by atoms with Gasteiger partial charge >= 0.3 is 0 Å². The molecule has 0 bridgehead atoms. The van der Waals surface area contributed by atoms with Crippen molar-refractivity contribution in [3.63, 3.8) is 0 Å². The van der Waals surface area contributed by atoms with Crippen molar-refractivity contribution in [3.8, 4) is 5.75 Å². The van der Waals surface area contributed by atoms with Gasteiger partial charge in [-0.1, -0.05) is 31.2 Å². The number of aromatic nitrogens is 1. The molecule has 1 N–H and O–H groups in total. The SMILES string of the molecule is C/C=C/c1ccc2c(c1)O[C@@H](CN(C)C(=O)Cc1ccccn1)[C@@H](C)CN([C@H](C)CO)S2(=O)=O. The number of carbonyl (C=O) groups is 1. The van der Waals surface area contributed by atoms with E-state index in [4.69, 9.17) is 4.74 Å². The third-order valence-electron chi connectivity index (χ3n) is 5.99. The number of amides is 1. The van der Waals surface area contributed by atoms with Gasteiger partial charge in [0.1, 0.15) is 16.7 Å². The topological polar surface area (TPSA) is 100 Å². The van der Waals surface area contributed by atoms with Crippen LogP contribution in [0.4, 0.5) is 0 Å². The Bertz CT molecular complexity index is 1120. The zero-order chi connectivity index (χ0) is 24.9. The van der Waals surface area contributed by atoms with Gasteiger partial charge in [-0.05, 0) is 43.7 Å². The number of ether oxygens (including phenoxy) is 1. The number of aliphatic hydroxyl groups is 1. The lowest BCUT2D eigenvalue weighted by molar-refractivity contribution is -0.130. The number of carbonyl (C=O) groups excluding carboxylic acids is 1. The van der Waals surface area contributed by atoms with Crippen LogP contribution >= 0.6 is 0 Å². The van der Waals surface area contributed by atoms with Crippen LogP contribution in [0.15, 0.2) is 53.6 Å². The summed E-state index contributed by atoms with van der Waals surface area (Å²) in [4.78, 5) is 18.7. The van der Waals surface area contributed by atoms with Gasteiger partial charge in [-0.25, -0.2) is 8.42 Å². The quantitative estimate of drug-likeness (QED) is 0.644. The van der Waals surface area contributed by atoms with Gasteiger partial charge in [0.25, 0.3) is 0 Å². The van der Waals surface area contributed by atoms with Crippen molar-refractivity contribution in [2.45, 2.75) is 44.2 Å². The summed E-state index contributed by atoms with van der Waals surface area (Å²) in [5.41, 5.74) is 1.49. The number of benzene rings is 1. The average molecular weight is 488 g/mol. The van der Waals surface area contributed by atoms with Crippen LogP contribution in [0.5, 0.6) is 5.75 Å². The molecule has 9 heteroatoms. The lowest BCUT2D eigenvalue weighted by atomic mass is 10.0. The second-order valence-corrected chi connectivity index (χ2v) is 10.6. The van der Waals surface area contributed by atoms with Crippen LogP contribution in [0.1, 0.15) is 32.0 Å². The molecule has 2 heterocycles. The highest BCUT2D eigenvalue weighted by atomic mass is 32.2. The number of sulfonamides is 1. The van der Waals surface area contributed by atoms with Gasteiger partial charge < -0.3 is 14.7 Å². The number of fused-ring (bicyclic) bond motifs is 1. The van der Waals surface area contributed by atoms with Crippen LogP contribution in [-0.2, 0) is 21.2 Å². The maximum Gasteiger partial charge on any atom is 0.247 e. The van der Waals surface area contributed by atoms with E-state index in [1.54, 1.807) is 55.4 Å². The summed E-state index contributed by atoms with van der Waals surface area (Å²) in [6.07, 6.45) is 5.09. The summed E-state index contributed by atoms with van der Waals surface area (Å²) < 4.78 is 34.6. The molecular weight excluding hydrogens is 454 g/mol. The molecule has 0 spiro atoms. The van der Waals surface area contributed by atoms with E-state index in [0.717, 1.165) is 5.56 Å². The van der Waals surface area contributed by atoms with Crippen molar-refractivity contribution in [1.29, 1.82) is 0 Å². The van der Waals surface area contributed by atoms with Gasteiger partial charge in [-0.2, -0.15) is 4.31 Å². The molecule has 3 atom stereocenters. The number of allylic oxidation sites excluding steroid dienone is 1. The minimum absolute atomic E-state index is 0.0559. The second-order valence-electron chi connectivity index (χ2n) is 8.72. The van der Waals surface area contributed by atoms with E-state index in [9.17, 15) is 18.3 Å². The van der Waals surface area contributed by atoms with Gasteiger partial charge in [-0.15, -0.1) is 0 Å².